The standard InChI is InChI=1S/C24H29ClN6O/c1-5-26-21-16(3)28-14-29-24(21)30-15(2)19-12-20(25)18-9-6-10-27-22(18)23(19)31-11-7-8-17(31)13-32-4/h5-6,9-10,12,14-15,17H,7-8,11,13H2,1-4H3,(H,28,29,30). The molecule has 3 heterocycles. The Morgan fingerprint density at radius 3 is 3.00 bits per heavy atom. The van der Waals surface area contributed by atoms with E-state index >= 15 is 0 Å². The maximum atomic E-state index is 6.73. The second-order valence-corrected chi connectivity index (χ2v) is 8.46. The molecule has 168 valence electrons. The summed E-state index contributed by atoms with van der Waals surface area (Å²) in [4.78, 5) is 20.4. The Hall–Kier alpha value is -2.77. The number of halogens is 1. The quantitative estimate of drug-likeness (QED) is 0.477. The fraction of sp³-hybridized carbons (Fsp3) is 0.417. The normalized spacial score (nSPS) is 17.4. The largest absolute Gasteiger partial charge is 0.383 e. The van der Waals surface area contributed by atoms with Crippen molar-refractivity contribution >= 4 is 45.9 Å². The number of anilines is 2. The molecule has 0 saturated carbocycles. The van der Waals surface area contributed by atoms with E-state index in [1.54, 1.807) is 19.7 Å². The lowest BCUT2D eigenvalue weighted by atomic mass is 10.0. The predicted molar refractivity (Wildman–Crippen MR) is 132 cm³/mol. The van der Waals surface area contributed by atoms with Gasteiger partial charge in [-0.3, -0.25) is 9.98 Å². The number of benzene rings is 1. The van der Waals surface area contributed by atoms with Crippen molar-refractivity contribution in [3.8, 4) is 0 Å². The lowest BCUT2D eigenvalue weighted by Crippen LogP contribution is -2.34. The molecule has 2 unspecified atom stereocenters. The number of pyridine rings is 1. The molecule has 1 saturated heterocycles. The van der Waals surface area contributed by atoms with Crippen LogP contribution in [0.15, 0.2) is 35.7 Å². The van der Waals surface area contributed by atoms with Gasteiger partial charge in [0.15, 0.2) is 5.82 Å². The molecular weight excluding hydrogens is 424 g/mol. The number of nitrogens with one attached hydrogen (secondary N) is 1. The highest BCUT2D eigenvalue weighted by Gasteiger charge is 2.30. The lowest BCUT2D eigenvalue weighted by Gasteiger charge is -2.31. The van der Waals surface area contributed by atoms with E-state index in [1.165, 1.54) is 0 Å². The highest BCUT2D eigenvalue weighted by atomic mass is 35.5. The van der Waals surface area contributed by atoms with E-state index in [9.17, 15) is 0 Å². The molecule has 1 aliphatic rings. The Morgan fingerprint density at radius 2 is 2.22 bits per heavy atom. The number of methoxy groups -OCH3 is 1. The van der Waals surface area contributed by atoms with Gasteiger partial charge in [-0.15, -0.1) is 0 Å². The number of ether oxygens (including phenoxy) is 1. The third kappa shape index (κ3) is 4.27. The monoisotopic (exact) mass is 452 g/mol. The number of fused-ring (bicyclic) bond motifs is 1. The maximum absolute atomic E-state index is 6.73. The van der Waals surface area contributed by atoms with E-state index < -0.39 is 0 Å². The first kappa shape index (κ1) is 22.4. The molecule has 0 bridgehead atoms. The summed E-state index contributed by atoms with van der Waals surface area (Å²) in [5.41, 5.74) is 4.66. The molecule has 1 aliphatic heterocycles. The smallest absolute Gasteiger partial charge is 0.156 e. The number of aryl methyl sites for hydroxylation is 1. The number of aromatic nitrogens is 3. The minimum Gasteiger partial charge on any atom is -0.383 e. The molecule has 3 aromatic rings. The molecule has 1 aromatic carbocycles. The Balaban J connectivity index is 1.83. The molecule has 7 nitrogen and oxygen atoms in total. The molecule has 0 aliphatic carbocycles. The van der Waals surface area contributed by atoms with Crippen LogP contribution in [0.25, 0.3) is 10.9 Å². The molecule has 2 atom stereocenters. The molecule has 32 heavy (non-hydrogen) atoms. The van der Waals surface area contributed by atoms with Crippen LogP contribution in [0.1, 0.15) is 44.0 Å². The predicted octanol–water partition coefficient (Wildman–Crippen LogP) is 5.50. The van der Waals surface area contributed by atoms with Crippen LogP contribution in [-0.2, 0) is 4.74 Å². The van der Waals surface area contributed by atoms with Gasteiger partial charge in [-0.1, -0.05) is 11.6 Å². The number of aliphatic imine (C=N–C) groups is 1. The molecule has 1 N–H and O–H groups in total. The van der Waals surface area contributed by atoms with Gasteiger partial charge in [0.1, 0.15) is 12.0 Å². The number of hydrogen-bond donors (Lipinski definition) is 1. The summed E-state index contributed by atoms with van der Waals surface area (Å²) in [7, 11) is 1.76. The van der Waals surface area contributed by atoms with E-state index in [4.69, 9.17) is 21.3 Å². The first-order valence-corrected chi connectivity index (χ1v) is 11.3. The van der Waals surface area contributed by atoms with Crippen LogP contribution in [0.5, 0.6) is 0 Å². The van der Waals surface area contributed by atoms with Crippen molar-refractivity contribution in [2.75, 3.05) is 30.5 Å². The van der Waals surface area contributed by atoms with Crippen molar-refractivity contribution in [1.29, 1.82) is 0 Å². The fourth-order valence-electron chi connectivity index (χ4n) is 4.47. The highest BCUT2D eigenvalue weighted by molar-refractivity contribution is 6.36. The van der Waals surface area contributed by atoms with Gasteiger partial charge in [0.25, 0.3) is 0 Å². The first-order chi connectivity index (χ1) is 15.5. The number of hydrogen-bond acceptors (Lipinski definition) is 7. The summed E-state index contributed by atoms with van der Waals surface area (Å²) in [5.74, 6) is 0.696. The van der Waals surface area contributed by atoms with Gasteiger partial charge in [-0.2, -0.15) is 0 Å². The average molecular weight is 453 g/mol. The van der Waals surface area contributed by atoms with Crippen molar-refractivity contribution in [3.63, 3.8) is 0 Å². The molecule has 2 aromatic heterocycles. The molecule has 8 heteroatoms. The summed E-state index contributed by atoms with van der Waals surface area (Å²) in [6, 6.07) is 6.22. The van der Waals surface area contributed by atoms with Gasteiger partial charge in [0.05, 0.1) is 40.6 Å². The Labute approximate surface area is 193 Å². The fourth-order valence-corrected chi connectivity index (χ4v) is 4.74. The van der Waals surface area contributed by atoms with Crippen molar-refractivity contribution < 1.29 is 4.74 Å². The second kappa shape index (κ2) is 9.79. The topological polar surface area (TPSA) is 75.5 Å². The van der Waals surface area contributed by atoms with Crippen LogP contribution in [0, 0.1) is 6.92 Å². The number of rotatable bonds is 7. The van der Waals surface area contributed by atoms with E-state index in [2.05, 4.69) is 38.2 Å². The van der Waals surface area contributed by atoms with Crippen LogP contribution < -0.4 is 10.2 Å². The minimum atomic E-state index is -0.0854. The summed E-state index contributed by atoms with van der Waals surface area (Å²) in [5, 5.41) is 5.19. The highest BCUT2D eigenvalue weighted by Crippen LogP contribution is 2.41. The zero-order valence-electron chi connectivity index (χ0n) is 19.0. The zero-order valence-corrected chi connectivity index (χ0v) is 19.7. The van der Waals surface area contributed by atoms with Crippen LogP contribution in [0.4, 0.5) is 17.2 Å². The first-order valence-electron chi connectivity index (χ1n) is 10.9. The SMILES string of the molecule is CC=Nc1c(C)ncnc1NC(C)c1cc(Cl)c2cccnc2c1N1CCCC1COC. The minimum absolute atomic E-state index is 0.0854. The second-order valence-electron chi connectivity index (χ2n) is 8.05. The Morgan fingerprint density at radius 1 is 1.38 bits per heavy atom. The molecular formula is C24H29ClN6O. The van der Waals surface area contributed by atoms with Gasteiger partial charge >= 0.3 is 0 Å². The maximum Gasteiger partial charge on any atom is 0.156 e. The number of nitrogens with zero attached hydrogens (tertiary/aromatic N) is 5. The van der Waals surface area contributed by atoms with Crippen molar-refractivity contribution in [2.24, 2.45) is 4.99 Å². The molecule has 0 radical (unpaired) electrons. The van der Waals surface area contributed by atoms with Crippen LogP contribution in [0.3, 0.4) is 0 Å². The van der Waals surface area contributed by atoms with Gasteiger partial charge in [-0.25, -0.2) is 9.97 Å². The summed E-state index contributed by atoms with van der Waals surface area (Å²) < 4.78 is 5.53. The van der Waals surface area contributed by atoms with E-state index in [0.717, 1.165) is 52.9 Å². The van der Waals surface area contributed by atoms with Crippen LogP contribution in [-0.4, -0.2) is 47.5 Å². The third-order valence-electron chi connectivity index (χ3n) is 5.95. The average Bonchev–Trinajstić information content (AvgIpc) is 3.24. The summed E-state index contributed by atoms with van der Waals surface area (Å²) in [6.45, 7) is 7.57. The summed E-state index contributed by atoms with van der Waals surface area (Å²) >= 11 is 6.73. The van der Waals surface area contributed by atoms with Crippen LogP contribution in [0.2, 0.25) is 5.02 Å². The van der Waals surface area contributed by atoms with Crippen LogP contribution >= 0.6 is 11.6 Å². The Bertz CT molecular complexity index is 1130. The van der Waals surface area contributed by atoms with Gasteiger partial charge < -0.3 is 15.0 Å². The van der Waals surface area contributed by atoms with Crippen molar-refractivity contribution in [2.45, 2.75) is 45.7 Å². The third-order valence-corrected chi connectivity index (χ3v) is 6.26. The van der Waals surface area contributed by atoms with E-state index in [-0.39, 0.29) is 6.04 Å². The molecule has 0 amide bonds. The molecule has 0 spiro atoms. The molecule has 4 rings (SSSR count). The zero-order chi connectivity index (χ0) is 22.7. The Kier molecular flexibility index (Phi) is 6.86. The van der Waals surface area contributed by atoms with Gasteiger partial charge in [0.2, 0.25) is 0 Å². The van der Waals surface area contributed by atoms with Crippen molar-refractivity contribution in [1.82, 2.24) is 15.0 Å². The summed E-state index contributed by atoms with van der Waals surface area (Å²) in [6.07, 6.45) is 7.35. The lowest BCUT2D eigenvalue weighted by molar-refractivity contribution is 0.181. The van der Waals surface area contributed by atoms with E-state index in [1.807, 2.05) is 32.2 Å². The van der Waals surface area contributed by atoms with Gasteiger partial charge in [-0.05, 0) is 51.8 Å². The van der Waals surface area contributed by atoms with E-state index in [0.29, 0.717) is 23.5 Å². The van der Waals surface area contributed by atoms with Crippen molar-refractivity contribution in [3.05, 3.63) is 47.0 Å². The molecule has 1 fully saturated rings. The van der Waals surface area contributed by atoms with Gasteiger partial charge in [0, 0.05) is 37.0 Å².